The van der Waals surface area contributed by atoms with E-state index in [1.807, 2.05) is 55.5 Å². The molecule has 0 bridgehead atoms. The molecule has 0 saturated heterocycles. The largest absolute Gasteiger partial charge is 0.455 e. The Balaban J connectivity index is 0.00000144. The van der Waals surface area contributed by atoms with Crippen molar-refractivity contribution < 1.29 is 9.53 Å². The number of fused-ring (bicyclic) bond motifs is 3. The number of carbonyl (C=O) groups excluding carboxylic acids is 1. The van der Waals surface area contributed by atoms with Gasteiger partial charge in [-0.15, -0.1) is 12.4 Å². The third kappa shape index (κ3) is 1.79. The van der Waals surface area contributed by atoms with E-state index in [-0.39, 0.29) is 18.3 Å². The molecule has 5 nitrogen and oxygen atoms in total. The van der Waals surface area contributed by atoms with Crippen LogP contribution in [0.25, 0.3) is 0 Å². The highest BCUT2D eigenvalue weighted by atomic mass is 35.5. The van der Waals surface area contributed by atoms with E-state index in [1.165, 1.54) is 0 Å². The van der Waals surface area contributed by atoms with Crippen LogP contribution in [0.1, 0.15) is 12.5 Å². The molecule has 2 aliphatic heterocycles. The zero-order chi connectivity index (χ0) is 14.4. The highest BCUT2D eigenvalue weighted by Gasteiger charge is 2.54. The zero-order valence-electron chi connectivity index (χ0n) is 12.0. The van der Waals surface area contributed by atoms with Crippen molar-refractivity contribution in [1.29, 1.82) is 0 Å². The molecule has 114 valence electrons. The summed E-state index contributed by atoms with van der Waals surface area (Å²) in [7, 11) is 0. The lowest BCUT2D eigenvalue weighted by atomic mass is 10.0. The fraction of sp³-hybridized carbons (Fsp3) is 0.188. The van der Waals surface area contributed by atoms with E-state index in [0.717, 1.165) is 16.9 Å². The molecule has 0 saturated carbocycles. The van der Waals surface area contributed by atoms with Crippen LogP contribution < -0.4 is 20.5 Å². The first-order chi connectivity index (χ1) is 10.3. The highest BCUT2D eigenvalue weighted by molar-refractivity contribution is 6.07. The number of ether oxygens (including phenoxy) is 1. The number of carbonyl (C=O) groups is 1. The molecular formula is C16H16ClN3O2. The lowest BCUT2D eigenvalue weighted by molar-refractivity contribution is -0.136. The van der Waals surface area contributed by atoms with Gasteiger partial charge in [0, 0.05) is 12.1 Å². The van der Waals surface area contributed by atoms with Crippen molar-refractivity contribution in [2.45, 2.75) is 12.6 Å². The van der Waals surface area contributed by atoms with Crippen molar-refractivity contribution in [3.63, 3.8) is 0 Å². The average molecular weight is 318 g/mol. The molecule has 0 radical (unpaired) electrons. The minimum atomic E-state index is -1.19. The second kappa shape index (κ2) is 5.19. The van der Waals surface area contributed by atoms with Gasteiger partial charge in [0.05, 0.1) is 11.4 Å². The summed E-state index contributed by atoms with van der Waals surface area (Å²) in [5.41, 5.74) is 7.50. The molecule has 2 aromatic rings. The Labute approximate surface area is 134 Å². The van der Waals surface area contributed by atoms with Gasteiger partial charge in [0.15, 0.2) is 0 Å². The predicted molar refractivity (Wildman–Crippen MR) is 87.2 cm³/mol. The molecule has 4 rings (SSSR count). The van der Waals surface area contributed by atoms with E-state index in [9.17, 15) is 4.79 Å². The Morgan fingerprint density at radius 3 is 2.68 bits per heavy atom. The maximum absolute atomic E-state index is 12.9. The van der Waals surface area contributed by atoms with Crippen molar-refractivity contribution in [2.75, 3.05) is 16.9 Å². The number of rotatable bonds is 1. The van der Waals surface area contributed by atoms with Gasteiger partial charge >= 0.3 is 0 Å². The van der Waals surface area contributed by atoms with Crippen molar-refractivity contribution in [1.82, 2.24) is 5.43 Å². The summed E-state index contributed by atoms with van der Waals surface area (Å²) in [5.74, 6) is 0.561. The van der Waals surface area contributed by atoms with E-state index in [1.54, 1.807) is 4.90 Å². The van der Waals surface area contributed by atoms with Gasteiger partial charge in [-0.2, -0.15) is 5.43 Å². The van der Waals surface area contributed by atoms with Gasteiger partial charge in [-0.05, 0) is 25.1 Å². The Bertz CT molecular complexity index is 737. The number of anilines is 2. The number of amides is 1. The third-order valence-electron chi connectivity index (χ3n) is 3.96. The quantitative estimate of drug-likeness (QED) is 0.849. The summed E-state index contributed by atoms with van der Waals surface area (Å²) in [6, 6.07) is 15.3. The Kier molecular flexibility index (Phi) is 3.47. The minimum absolute atomic E-state index is 0. The van der Waals surface area contributed by atoms with Crippen molar-refractivity contribution in [3.8, 4) is 5.75 Å². The number of hydrogen-bond acceptors (Lipinski definition) is 4. The molecular weight excluding hydrogens is 302 g/mol. The van der Waals surface area contributed by atoms with Gasteiger partial charge in [0.1, 0.15) is 5.75 Å². The van der Waals surface area contributed by atoms with Gasteiger partial charge in [-0.1, -0.05) is 30.3 Å². The van der Waals surface area contributed by atoms with E-state index in [4.69, 9.17) is 4.74 Å². The van der Waals surface area contributed by atoms with E-state index < -0.39 is 5.72 Å². The van der Waals surface area contributed by atoms with Crippen LogP contribution >= 0.6 is 12.4 Å². The average Bonchev–Trinajstić information content (AvgIpc) is 2.76. The van der Waals surface area contributed by atoms with E-state index in [0.29, 0.717) is 12.3 Å². The number of benzene rings is 2. The van der Waals surface area contributed by atoms with Crippen LogP contribution in [0.5, 0.6) is 5.75 Å². The number of nitrogens with zero attached hydrogens (tertiary/aromatic N) is 1. The highest BCUT2D eigenvalue weighted by Crippen LogP contribution is 2.44. The predicted octanol–water partition coefficient (Wildman–Crippen LogP) is 2.64. The van der Waals surface area contributed by atoms with Gasteiger partial charge < -0.3 is 15.1 Å². The van der Waals surface area contributed by atoms with Crippen LogP contribution in [-0.2, 0) is 10.5 Å². The fourth-order valence-corrected chi connectivity index (χ4v) is 2.96. The Morgan fingerprint density at radius 2 is 1.86 bits per heavy atom. The molecule has 1 atom stereocenters. The lowest BCUT2D eigenvalue weighted by Gasteiger charge is -2.35. The molecule has 0 aromatic heterocycles. The van der Waals surface area contributed by atoms with Crippen LogP contribution in [0.2, 0.25) is 0 Å². The number of likely N-dealkylation sites (N-methyl/N-ethyl adjacent to an activating group) is 1. The SMILES string of the molecule is CCN1C(=O)C2(NNc3ccccc3O2)c2ccccc21.Cl. The molecule has 1 spiro atoms. The smallest absolute Gasteiger partial charge is 0.293 e. The summed E-state index contributed by atoms with van der Waals surface area (Å²) in [6.07, 6.45) is 0. The molecule has 0 fully saturated rings. The van der Waals surface area contributed by atoms with Gasteiger partial charge in [-0.3, -0.25) is 4.79 Å². The number of hydrogen-bond donors (Lipinski definition) is 2. The van der Waals surface area contributed by atoms with Crippen LogP contribution in [0.15, 0.2) is 48.5 Å². The molecule has 22 heavy (non-hydrogen) atoms. The maximum atomic E-state index is 12.9. The molecule has 2 aromatic carbocycles. The molecule has 0 aliphatic carbocycles. The maximum Gasteiger partial charge on any atom is 0.293 e. The van der Waals surface area contributed by atoms with Crippen LogP contribution in [-0.4, -0.2) is 12.5 Å². The second-order valence-electron chi connectivity index (χ2n) is 5.10. The molecule has 2 N–H and O–H groups in total. The van der Waals surface area contributed by atoms with Gasteiger partial charge in [0.25, 0.3) is 11.6 Å². The van der Waals surface area contributed by atoms with Gasteiger partial charge in [-0.25, -0.2) is 0 Å². The number of hydrazine groups is 1. The van der Waals surface area contributed by atoms with Crippen LogP contribution in [0, 0.1) is 0 Å². The van der Waals surface area contributed by atoms with Gasteiger partial charge in [0.2, 0.25) is 0 Å². The third-order valence-corrected chi connectivity index (χ3v) is 3.96. The van der Waals surface area contributed by atoms with Crippen molar-refractivity contribution in [3.05, 3.63) is 54.1 Å². The summed E-state index contributed by atoms with van der Waals surface area (Å²) in [6.45, 7) is 2.56. The topological polar surface area (TPSA) is 53.6 Å². The molecule has 6 heteroatoms. The van der Waals surface area contributed by atoms with Crippen LogP contribution in [0.4, 0.5) is 11.4 Å². The Hall–Kier alpha value is -2.24. The van der Waals surface area contributed by atoms with E-state index >= 15 is 0 Å². The second-order valence-corrected chi connectivity index (χ2v) is 5.10. The number of halogens is 1. The van der Waals surface area contributed by atoms with Crippen molar-refractivity contribution >= 4 is 29.7 Å². The Morgan fingerprint density at radius 1 is 1.14 bits per heavy atom. The lowest BCUT2D eigenvalue weighted by Crippen LogP contribution is -2.58. The normalized spacial score (nSPS) is 21.5. The molecule has 2 heterocycles. The fourth-order valence-electron chi connectivity index (χ4n) is 2.96. The summed E-state index contributed by atoms with van der Waals surface area (Å²) < 4.78 is 6.09. The number of para-hydroxylation sites is 3. The summed E-state index contributed by atoms with van der Waals surface area (Å²) in [5, 5.41) is 0. The first-order valence-electron chi connectivity index (χ1n) is 6.99. The monoisotopic (exact) mass is 317 g/mol. The number of nitrogens with one attached hydrogen (secondary N) is 2. The molecule has 1 amide bonds. The summed E-state index contributed by atoms with van der Waals surface area (Å²) in [4.78, 5) is 14.6. The standard InChI is InChI=1S/C16H15N3O2.ClH/c1-2-19-13-9-5-3-7-11(13)16(15(19)20)18-17-12-8-4-6-10-14(12)21-16;/h3-10,17-18H,2H2,1H3;1H. The first kappa shape index (κ1) is 14.7. The first-order valence-corrected chi connectivity index (χ1v) is 6.99. The minimum Gasteiger partial charge on any atom is -0.455 e. The zero-order valence-corrected chi connectivity index (χ0v) is 12.8. The van der Waals surface area contributed by atoms with Crippen molar-refractivity contribution in [2.24, 2.45) is 0 Å². The molecule has 2 aliphatic rings. The van der Waals surface area contributed by atoms with E-state index in [2.05, 4.69) is 10.9 Å². The van der Waals surface area contributed by atoms with Crippen LogP contribution in [0.3, 0.4) is 0 Å². The molecule has 1 unspecified atom stereocenters. The summed E-state index contributed by atoms with van der Waals surface area (Å²) >= 11 is 0.